The van der Waals surface area contributed by atoms with Gasteiger partial charge in [-0.05, 0) is 12.5 Å². The number of carbonyl (C=O) groups excluding carboxylic acids is 1. The molecule has 0 fully saturated rings. The molecule has 0 aliphatic carbocycles. The standard InChI is InChI=1S/C12H16N2O3/c1-8(2)12(15)13-9(3)10-4-6-11(7-5-10)14(16)17/h4-9H,1-3H3,(H,13,15)/t9-/m0/s1. The summed E-state index contributed by atoms with van der Waals surface area (Å²) < 4.78 is 0. The largest absolute Gasteiger partial charge is 0.349 e. The molecule has 5 nitrogen and oxygen atoms in total. The van der Waals surface area contributed by atoms with Crippen LogP contribution in [0, 0.1) is 16.0 Å². The fraction of sp³-hybridized carbons (Fsp3) is 0.417. The maximum absolute atomic E-state index is 11.5. The van der Waals surface area contributed by atoms with Gasteiger partial charge in [0.2, 0.25) is 5.91 Å². The lowest BCUT2D eigenvalue weighted by Crippen LogP contribution is -2.30. The van der Waals surface area contributed by atoms with Gasteiger partial charge in [-0.3, -0.25) is 14.9 Å². The molecule has 0 saturated heterocycles. The number of rotatable bonds is 4. The monoisotopic (exact) mass is 236 g/mol. The van der Waals surface area contributed by atoms with Crippen molar-refractivity contribution in [2.24, 2.45) is 5.92 Å². The van der Waals surface area contributed by atoms with Crippen LogP contribution in [-0.4, -0.2) is 10.8 Å². The third-order valence-corrected chi connectivity index (χ3v) is 2.49. The first-order chi connectivity index (χ1) is 7.91. The quantitative estimate of drug-likeness (QED) is 0.644. The zero-order chi connectivity index (χ0) is 13.0. The van der Waals surface area contributed by atoms with Gasteiger partial charge in [-0.1, -0.05) is 26.0 Å². The molecule has 0 aliphatic heterocycles. The highest BCUT2D eigenvalue weighted by Gasteiger charge is 2.13. The average molecular weight is 236 g/mol. The van der Waals surface area contributed by atoms with Crippen LogP contribution in [0.1, 0.15) is 32.4 Å². The van der Waals surface area contributed by atoms with Crippen LogP contribution in [0.4, 0.5) is 5.69 Å². The SMILES string of the molecule is CC(C)C(=O)N[C@@H](C)c1ccc([N+](=O)[O-])cc1. The minimum atomic E-state index is -0.443. The number of carbonyl (C=O) groups is 1. The molecule has 17 heavy (non-hydrogen) atoms. The van der Waals surface area contributed by atoms with Gasteiger partial charge in [0, 0.05) is 18.1 Å². The smallest absolute Gasteiger partial charge is 0.269 e. The first kappa shape index (κ1) is 13.2. The van der Waals surface area contributed by atoms with Crippen molar-refractivity contribution in [2.45, 2.75) is 26.8 Å². The summed E-state index contributed by atoms with van der Waals surface area (Å²) in [6.07, 6.45) is 0. The Bertz CT molecular complexity index is 412. The van der Waals surface area contributed by atoms with Gasteiger partial charge in [-0.25, -0.2) is 0 Å². The van der Waals surface area contributed by atoms with Crippen LogP contribution in [0.5, 0.6) is 0 Å². The maximum atomic E-state index is 11.5. The van der Waals surface area contributed by atoms with Crippen LogP contribution < -0.4 is 5.32 Å². The highest BCUT2D eigenvalue weighted by molar-refractivity contribution is 5.78. The lowest BCUT2D eigenvalue weighted by atomic mass is 10.1. The van der Waals surface area contributed by atoms with E-state index in [1.54, 1.807) is 12.1 Å². The van der Waals surface area contributed by atoms with E-state index in [1.165, 1.54) is 12.1 Å². The Morgan fingerprint density at radius 3 is 2.18 bits per heavy atom. The molecule has 5 heteroatoms. The third kappa shape index (κ3) is 3.55. The number of benzene rings is 1. The molecule has 1 aromatic carbocycles. The second kappa shape index (κ2) is 5.43. The predicted octanol–water partition coefficient (Wildman–Crippen LogP) is 2.43. The molecule has 0 aliphatic rings. The van der Waals surface area contributed by atoms with E-state index in [0.29, 0.717) is 0 Å². The van der Waals surface area contributed by atoms with E-state index < -0.39 is 4.92 Å². The summed E-state index contributed by atoms with van der Waals surface area (Å²) in [5, 5.41) is 13.3. The molecule has 1 amide bonds. The topological polar surface area (TPSA) is 72.2 Å². The zero-order valence-corrected chi connectivity index (χ0v) is 10.1. The lowest BCUT2D eigenvalue weighted by molar-refractivity contribution is -0.384. The summed E-state index contributed by atoms with van der Waals surface area (Å²) in [7, 11) is 0. The number of hydrogen-bond acceptors (Lipinski definition) is 3. The normalized spacial score (nSPS) is 12.2. The molecule has 92 valence electrons. The summed E-state index contributed by atoms with van der Waals surface area (Å²) in [6, 6.07) is 6.04. The summed E-state index contributed by atoms with van der Waals surface area (Å²) in [6.45, 7) is 5.48. The fourth-order valence-electron chi connectivity index (χ4n) is 1.35. The maximum Gasteiger partial charge on any atom is 0.269 e. The minimum absolute atomic E-state index is 0.0316. The third-order valence-electron chi connectivity index (χ3n) is 2.49. The van der Waals surface area contributed by atoms with Crippen molar-refractivity contribution in [3.05, 3.63) is 39.9 Å². The van der Waals surface area contributed by atoms with Crippen LogP contribution in [0.15, 0.2) is 24.3 Å². The van der Waals surface area contributed by atoms with Crippen LogP contribution in [0.3, 0.4) is 0 Å². The molecule has 1 atom stereocenters. The zero-order valence-electron chi connectivity index (χ0n) is 10.1. The first-order valence-corrected chi connectivity index (χ1v) is 5.46. The molecule has 1 N–H and O–H groups in total. The van der Waals surface area contributed by atoms with Gasteiger partial charge >= 0.3 is 0 Å². The average Bonchev–Trinajstić information content (AvgIpc) is 2.28. The Labute approximate surface area is 100.0 Å². The van der Waals surface area contributed by atoms with E-state index in [1.807, 2.05) is 20.8 Å². The van der Waals surface area contributed by atoms with Crippen molar-refractivity contribution in [2.75, 3.05) is 0 Å². The van der Waals surface area contributed by atoms with E-state index in [4.69, 9.17) is 0 Å². The van der Waals surface area contributed by atoms with Gasteiger partial charge in [-0.2, -0.15) is 0 Å². The summed E-state index contributed by atoms with van der Waals surface area (Å²) >= 11 is 0. The number of non-ortho nitro benzene ring substituents is 1. The number of nitro groups is 1. The van der Waals surface area contributed by atoms with Gasteiger partial charge in [-0.15, -0.1) is 0 Å². The molecule has 0 unspecified atom stereocenters. The minimum Gasteiger partial charge on any atom is -0.349 e. The molecule has 0 heterocycles. The van der Waals surface area contributed by atoms with Crippen molar-refractivity contribution in [3.63, 3.8) is 0 Å². The van der Waals surface area contributed by atoms with E-state index in [-0.39, 0.29) is 23.6 Å². The Balaban J connectivity index is 2.73. The number of amides is 1. The highest BCUT2D eigenvalue weighted by Crippen LogP contribution is 2.17. The summed E-state index contributed by atoms with van der Waals surface area (Å²) in [4.78, 5) is 21.5. The van der Waals surface area contributed by atoms with Gasteiger partial charge < -0.3 is 5.32 Å². The molecule has 1 rings (SSSR count). The Hall–Kier alpha value is -1.91. The first-order valence-electron chi connectivity index (χ1n) is 5.46. The predicted molar refractivity (Wildman–Crippen MR) is 64.5 cm³/mol. The molecular formula is C12H16N2O3. The van der Waals surface area contributed by atoms with Gasteiger partial charge in [0.1, 0.15) is 0 Å². The Morgan fingerprint density at radius 1 is 1.24 bits per heavy atom. The van der Waals surface area contributed by atoms with Crippen molar-refractivity contribution < 1.29 is 9.72 Å². The van der Waals surface area contributed by atoms with Crippen molar-refractivity contribution in [3.8, 4) is 0 Å². The van der Waals surface area contributed by atoms with Crippen LogP contribution in [0.2, 0.25) is 0 Å². The second-order valence-electron chi connectivity index (χ2n) is 4.23. The molecule has 0 aromatic heterocycles. The summed E-state index contributed by atoms with van der Waals surface area (Å²) in [5.41, 5.74) is 0.903. The molecule has 0 bridgehead atoms. The van der Waals surface area contributed by atoms with Crippen molar-refractivity contribution in [1.29, 1.82) is 0 Å². The van der Waals surface area contributed by atoms with Crippen LogP contribution in [0.25, 0.3) is 0 Å². The number of hydrogen-bond donors (Lipinski definition) is 1. The van der Waals surface area contributed by atoms with Gasteiger partial charge in [0.15, 0.2) is 0 Å². The van der Waals surface area contributed by atoms with Gasteiger partial charge in [0.05, 0.1) is 11.0 Å². The molecule has 0 saturated carbocycles. The van der Waals surface area contributed by atoms with E-state index in [9.17, 15) is 14.9 Å². The van der Waals surface area contributed by atoms with Crippen LogP contribution in [-0.2, 0) is 4.79 Å². The fourth-order valence-corrected chi connectivity index (χ4v) is 1.35. The number of nitrogens with zero attached hydrogens (tertiary/aromatic N) is 1. The Morgan fingerprint density at radius 2 is 1.76 bits per heavy atom. The molecule has 0 radical (unpaired) electrons. The Kier molecular flexibility index (Phi) is 4.20. The molecule has 1 aromatic rings. The van der Waals surface area contributed by atoms with E-state index >= 15 is 0 Å². The molecule has 0 spiro atoms. The van der Waals surface area contributed by atoms with Gasteiger partial charge in [0.25, 0.3) is 5.69 Å². The number of nitro benzene ring substituents is 1. The molecular weight excluding hydrogens is 220 g/mol. The second-order valence-corrected chi connectivity index (χ2v) is 4.23. The van der Waals surface area contributed by atoms with Crippen LogP contribution >= 0.6 is 0 Å². The number of nitrogens with one attached hydrogen (secondary N) is 1. The van der Waals surface area contributed by atoms with Crippen molar-refractivity contribution in [1.82, 2.24) is 5.32 Å². The van der Waals surface area contributed by atoms with E-state index in [0.717, 1.165) is 5.56 Å². The van der Waals surface area contributed by atoms with E-state index in [2.05, 4.69) is 5.32 Å². The lowest BCUT2D eigenvalue weighted by Gasteiger charge is -2.15. The summed E-state index contributed by atoms with van der Waals surface area (Å²) in [5.74, 6) is -0.105. The highest BCUT2D eigenvalue weighted by atomic mass is 16.6. The van der Waals surface area contributed by atoms with Crippen molar-refractivity contribution >= 4 is 11.6 Å².